The van der Waals surface area contributed by atoms with E-state index in [2.05, 4.69) is 20.6 Å². The number of benzene rings is 1. The maximum Gasteiger partial charge on any atom is 0.416 e. The highest BCUT2D eigenvalue weighted by Gasteiger charge is 2.31. The Bertz CT molecular complexity index is 1070. The molecule has 0 aliphatic carbocycles. The SMILES string of the molecule is CN(C)CCCc1cc(NC(=O)c2cccnc2NCc2ccncc2)cc(C(F)(F)F)c1. The molecule has 6 nitrogen and oxygen atoms in total. The first kappa shape index (κ1) is 24.2. The van der Waals surface area contributed by atoms with Crippen LogP contribution in [0.3, 0.4) is 0 Å². The van der Waals surface area contributed by atoms with Gasteiger partial charge in [-0.15, -0.1) is 0 Å². The highest BCUT2D eigenvalue weighted by Crippen LogP contribution is 2.32. The molecule has 2 heterocycles. The Morgan fingerprint density at radius 3 is 2.48 bits per heavy atom. The molecule has 0 unspecified atom stereocenters. The number of carbonyl (C=O) groups is 1. The second-order valence-corrected chi connectivity index (χ2v) is 7.89. The van der Waals surface area contributed by atoms with Crippen molar-refractivity contribution in [1.29, 1.82) is 0 Å². The van der Waals surface area contributed by atoms with E-state index in [1.165, 1.54) is 0 Å². The monoisotopic (exact) mass is 457 g/mol. The predicted molar refractivity (Wildman–Crippen MR) is 122 cm³/mol. The molecular formula is C24H26F3N5O. The number of nitrogens with zero attached hydrogens (tertiary/aromatic N) is 3. The van der Waals surface area contributed by atoms with Gasteiger partial charge in [0.15, 0.2) is 0 Å². The lowest BCUT2D eigenvalue weighted by molar-refractivity contribution is -0.137. The molecule has 1 amide bonds. The van der Waals surface area contributed by atoms with Crippen LogP contribution in [0.1, 0.15) is 33.5 Å². The van der Waals surface area contributed by atoms with E-state index in [9.17, 15) is 18.0 Å². The minimum atomic E-state index is -4.51. The number of nitrogens with one attached hydrogen (secondary N) is 2. The van der Waals surface area contributed by atoms with Gasteiger partial charge in [-0.25, -0.2) is 4.98 Å². The maximum absolute atomic E-state index is 13.4. The van der Waals surface area contributed by atoms with Crippen molar-refractivity contribution in [1.82, 2.24) is 14.9 Å². The molecule has 0 fully saturated rings. The van der Waals surface area contributed by atoms with Crippen LogP contribution in [-0.2, 0) is 19.1 Å². The van der Waals surface area contributed by atoms with Gasteiger partial charge in [-0.1, -0.05) is 0 Å². The molecule has 2 aromatic heterocycles. The lowest BCUT2D eigenvalue weighted by Gasteiger charge is -2.15. The number of aromatic nitrogens is 2. The van der Waals surface area contributed by atoms with Gasteiger partial charge < -0.3 is 15.5 Å². The lowest BCUT2D eigenvalue weighted by Crippen LogP contribution is -2.17. The van der Waals surface area contributed by atoms with E-state index < -0.39 is 17.6 Å². The Morgan fingerprint density at radius 1 is 1.03 bits per heavy atom. The molecule has 0 saturated heterocycles. The molecule has 33 heavy (non-hydrogen) atoms. The third-order valence-electron chi connectivity index (χ3n) is 4.91. The summed E-state index contributed by atoms with van der Waals surface area (Å²) in [4.78, 5) is 23.1. The van der Waals surface area contributed by atoms with E-state index in [0.717, 1.165) is 24.2 Å². The second-order valence-electron chi connectivity index (χ2n) is 7.89. The number of halogens is 3. The normalized spacial score (nSPS) is 11.5. The maximum atomic E-state index is 13.4. The molecule has 174 valence electrons. The van der Waals surface area contributed by atoms with Gasteiger partial charge in [-0.05, 0) is 87.1 Å². The van der Waals surface area contributed by atoms with Gasteiger partial charge in [0.25, 0.3) is 5.91 Å². The van der Waals surface area contributed by atoms with Gasteiger partial charge >= 0.3 is 6.18 Å². The highest BCUT2D eigenvalue weighted by atomic mass is 19.4. The summed E-state index contributed by atoms with van der Waals surface area (Å²) in [5.74, 6) is -0.205. The minimum Gasteiger partial charge on any atom is -0.365 e. The van der Waals surface area contributed by atoms with Crippen molar-refractivity contribution in [2.45, 2.75) is 25.6 Å². The Kier molecular flexibility index (Phi) is 8.00. The van der Waals surface area contributed by atoms with Crippen LogP contribution >= 0.6 is 0 Å². The highest BCUT2D eigenvalue weighted by molar-refractivity contribution is 6.07. The van der Waals surface area contributed by atoms with E-state index in [-0.39, 0.29) is 11.3 Å². The largest absolute Gasteiger partial charge is 0.416 e. The fraction of sp³-hybridized carbons (Fsp3) is 0.292. The first-order chi connectivity index (χ1) is 15.7. The number of anilines is 2. The van der Waals surface area contributed by atoms with E-state index >= 15 is 0 Å². The van der Waals surface area contributed by atoms with Crippen molar-refractivity contribution in [2.75, 3.05) is 31.3 Å². The molecule has 0 aliphatic heterocycles. The minimum absolute atomic E-state index is 0.0959. The van der Waals surface area contributed by atoms with Gasteiger partial charge in [0.2, 0.25) is 0 Å². The summed E-state index contributed by atoms with van der Waals surface area (Å²) < 4.78 is 40.3. The summed E-state index contributed by atoms with van der Waals surface area (Å²) in [5, 5.41) is 5.71. The van der Waals surface area contributed by atoms with Crippen LogP contribution in [0.5, 0.6) is 0 Å². The topological polar surface area (TPSA) is 70.2 Å². The van der Waals surface area contributed by atoms with Crippen molar-refractivity contribution in [3.63, 3.8) is 0 Å². The average Bonchev–Trinajstić information content (AvgIpc) is 2.77. The Labute approximate surface area is 190 Å². The van der Waals surface area contributed by atoms with E-state index in [1.807, 2.05) is 31.1 Å². The second kappa shape index (κ2) is 10.9. The number of carbonyl (C=O) groups excluding carboxylic acids is 1. The molecule has 2 N–H and O–H groups in total. The molecule has 0 bridgehead atoms. The van der Waals surface area contributed by atoms with Crippen molar-refractivity contribution in [3.8, 4) is 0 Å². The molecule has 0 atom stereocenters. The third kappa shape index (κ3) is 7.28. The lowest BCUT2D eigenvalue weighted by atomic mass is 10.0. The van der Waals surface area contributed by atoms with Crippen molar-refractivity contribution in [3.05, 3.63) is 83.3 Å². The average molecular weight is 458 g/mol. The number of hydrogen-bond acceptors (Lipinski definition) is 5. The zero-order valence-corrected chi connectivity index (χ0v) is 18.5. The smallest absolute Gasteiger partial charge is 0.365 e. The number of rotatable bonds is 9. The molecule has 0 aliphatic rings. The zero-order valence-electron chi connectivity index (χ0n) is 18.5. The summed E-state index contributed by atoms with van der Waals surface area (Å²) in [6.07, 6.45) is 1.52. The first-order valence-electron chi connectivity index (χ1n) is 10.5. The van der Waals surface area contributed by atoms with Crippen LogP contribution in [0.15, 0.2) is 61.1 Å². The number of aryl methyl sites for hydroxylation is 1. The quantitative estimate of drug-likeness (QED) is 0.481. The first-order valence-corrected chi connectivity index (χ1v) is 10.5. The van der Waals surface area contributed by atoms with Crippen molar-refractivity contribution < 1.29 is 18.0 Å². The number of amides is 1. The van der Waals surface area contributed by atoms with Gasteiger partial charge in [0, 0.05) is 30.8 Å². The Balaban J connectivity index is 1.79. The van der Waals surface area contributed by atoms with Crippen LogP contribution in [-0.4, -0.2) is 41.4 Å². The zero-order chi connectivity index (χ0) is 23.8. The summed E-state index contributed by atoms with van der Waals surface area (Å²) in [6, 6.07) is 10.5. The number of alkyl halides is 3. The Hall–Kier alpha value is -3.46. The molecule has 0 spiro atoms. The molecule has 0 radical (unpaired) electrons. The number of pyridine rings is 2. The van der Waals surface area contributed by atoms with Crippen molar-refractivity contribution in [2.24, 2.45) is 0 Å². The van der Waals surface area contributed by atoms with Gasteiger partial charge in [-0.3, -0.25) is 9.78 Å². The molecule has 0 saturated carbocycles. The molecular weight excluding hydrogens is 431 g/mol. The van der Waals surface area contributed by atoms with Crippen LogP contribution in [0.25, 0.3) is 0 Å². The van der Waals surface area contributed by atoms with Gasteiger partial charge in [0.1, 0.15) is 5.82 Å². The van der Waals surface area contributed by atoms with Crippen LogP contribution in [0.2, 0.25) is 0 Å². The van der Waals surface area contributed by atoms with E-state index in [4.69, 9.17) is 0 Å². The standard InChI is InChI=1S/C24H26F3N5O/c1-32(2)12-4-5-18-13-19(24(25,26)27)15-20(14-18)31-23(33)21-6-3-9-29-22(21)30-16-17-7-10-28-11-8-17/h3,6-11,13-15H,4-5,12,16H2,1-2H3,(H,29,30)(H,31,33). The third-order valence-corrected chi connectivity index (χ3v) is 4.91. The molecule has 3 aromatic rings. The molecule has 9 heteroatoms. The number of hydrogen-bond donors (Lipinski definition) is 2. The van der Waals surface area contributed by atoms with Gasteiger partial charge in [-0.2, -0.15) is 13.2 Å². The Morgan fingerprint density at radius 2 is 1.79 bits per heavy atom. The summed E-state index contributed by atoms with van der Waals surface area (Å²) in [5.41, 5.74) is 1.01. The predicted octanol–water partition coefficient (Wildman–Crippen LogP) is 4.85. The van der Waals surface area contributed by atoms with Crippen LogP contribution in [0, 0.1) is 0 Å². The van der Waals surface area contributed by atoms with Crippen LogP contribution in [0.4, 0.5) is 24.7 Å². The van der Waals surface area contributed by atoms with E-state index in [1.54, 1.807) is 36.8 Å². The fourth-order valence-electron chi connectivity index (χ4n) is 3.29. The summed E-state index contributed by atoms with van der Waals surface area (Å²) in [7, 11) is 3.82. The summed E-state index contributed by atoms with van der Waals surface area (Å²) in [6.45, 7) is 1.17. The van der Waals surface area contributed by atoms with Gasteiger partial charge in [0.05, 0.1) is 11.1 Å². The van der Waals surface area contributed by atoms with Crippen molar-refractivity contribution >= 4 is 17.4 Å². The molecule has 1 aromatic carbocycles. The van der Waals surface area contributed by atoms with Crippen LogP contribution < -0.4 is 10.6 Å². The summed E-state index contributed by atoms with van der Waals surface area (Å²) >= 11 is 0. The molecule has 3 rings (SSSR count). The van der Waals surface area contributed by atoms with E-state index in [0.29, 0.717) is 30.8 Å². The fourth-order valence-corrected chi connectivity index (χ4v) is 3.29.